The molecule has 0 saturated carbocycles. The minimum absolute atomic E-state index is 0.182. The molecule has 0 amide bonds. The van der Waals surface area contributed by atoms with Gasteiger partial charge in [0.25, 0.3) is 5.56 Å². The summed E-state index contributed by atoms with van der Waals surface area (Å²) >= 11 is 5.80. The van der Waals surface area contributed by atoms with Gasteiger partial charge in [0.05, 0.1) is 10.9 Å². The zero-order valence-corrected chi connectivity index (χ0v) is 8.93. The first-order valence-electron chi connectivity index (χ1n) is 4.64. The SMILES string of the molecule is CCNc1nc2ccc(Cl)cc2c(=O)[nH]1. The number of nitrogens with one attached hydrogen (secondary N) is 2. The fourth-order valence-electron chi connectivity index (χ4n) is 1.36. The smallest absolute Gasteiger partial charge is 0.260 e. The third-order valence-corrected chi connectivity index (χ3v) is 2.25. The maximum absolute atomic E-state index is 11.6. The first-order chi connectivity index (χ1) is 7.20. The van der Waals surface area contributed by atoms with Crippen molar-refractivity contribution in [2.24, 2.45) is 0 Å². The number of benzene rings is 1. The molecule has 0 saturated heterocycles. The molecule has 4 nitrogen and oxygen atoms in total. The van der Waals surface area contributed by atoms with Crippen molar-refractivity contribution in [3.63, 3.8) is 0 Å². The molecule has 0 bridgehead atoms. The molecule has 5 heteroatoms. The highest BCUT2D eigenvalue weighted by Gasteiger charge is 2.03. The summed E-state index contributed by atoms with van der Waals surface area (Å²) in [5, 5.41) is 3.99. The second kappa shape index (κ2) is 3.90. The second-order valence-electron chi connectivity index (χ2n) is 3.11. The van der Waals surface area contributed by atoms with Crippen LogP contribution in [0.3, 0.4) is 0 Å². The second-order valence-corrected chi connectivity index (χ2v) is 3.54. The van der Waals surface area contributed by atoms with E-state index in [-0.39, 0.29) is 5.56 Å². The van der Waals surface area contributed by atoms with Crippen LogP contribution in [0.1, 0.15) is 6.92 Å². The molecule has 1 aromatic carbocycles. The lowest BCUT2D eigenvalue weighted by atomic mass is 10.2. The van der Waals surface area contributed by atoms with Crippen molar-refractivity contribution in [3.05, 3.63) is 33.6 Å². The van der Waals surface area contributed by atoms with E-state index in [1.165, 1.54) is 0 Å². The van der Waals surface area contributed by atoms with E-state index in [0.29, 0.717) is 28.4 Å². The molecule has 0 fully saturated rings. The van der Waals surface area contributed by atoms with E-state index in [0.717, 1.165) is 0 Å². The van der Waals surface area contributed by atoms with Crippen LogP contribution in [0.25, 0.3) is 10.9 Å². The van der Waals surface area contributed by atoms with Gasteiger partial charge in [-0.05, 0) is 25.1 Å². The van der Waals surface area contributed by atoms with Crippen LogP contribution in [-0.2, 0) is 0 Å². The van der Waals surface area contributed by atoms with Gasteiger partial charge in [-0.3, -0.25) is 9.78 Å². The molecule has 0 aliphatic carbocycles. The summed E-state index contributed by atoms with van der Waals surface area (Å²) in [6.45, 7) is 2.65. The summed E-state index contributed by atoms with van der Waals surface area (Å²) in [6, 6.07) is 5.05. The van der Waals surface area contributed by atoms with Crippen molar-refractivity contribution < 1.29 is 0 Å². The van der Waals surface area contributed by atoms with Gasteiger partial charge in [0.15, 0.2) is 0 Å². The van der Waals surface area contributed by atoms with Crippen molar-refractivity contribution in [3.8, 4) is 0 Å². The Morgan fingerprint density at radius 3 is 3.07 bits per heavy atom. The van der Waals surface area contributed by atoms with Gasteiger partial charge >= 0.3 is 0 Å². The predicted molar refractivity (Wildman–Crippen MR) is 61.5 cm³/mol. The largest absolute Gasteiger partial charge is 0.356 e. The molecular formula is C10H10ClN3O. The van der Waals surface area contributed by atoms with E-state index >= 15 is 0 Å². The van der Waals surface area contributed by atoms with Gasteiger partial charge in [0, 0.05) is 11.6 Å². The van der Waals surface area contributed by atoms with Gasteiger partial charge in [0.1, 0.15) is 0 Å². The molecule has 2 N–H and O–H groups in total. The molecule has 78 valence electrons. The Morgan fingerprint density at radius 2 is 2.33 bits per heavy atom. The normalized spacial score (nSPS) is 10.5. The fourth-order valence-corrected chi connectivity index (χ4v) is 1.53. The number of halogens is 1. The van der Waals surface area contributed by atoms with Gasteiger partial charge in [-0.2, -0.15) is 0 Å². The molecule has 0 aliphatic rings. The maximum Gasteiger partial charge on any atom is 0.260 e. The lowest BCUT2D eigenvalue weighted by molar-refractivity contribution is 1.09. The lowest BCUT2D eigenvalue weighted by Gasteiger charge is -2.03. The minimum atomic E-state index is -0.182. The average Bonchev–Trinajstić information content (AvgIpc) is 2.20. The summed E-state index contributed by atoms with van der Waals surface area (Å²) in [6.07, 6.45) is 0. The highest BCUT2D eigenvalue weighted by atomic mass is 35.5. The number of H-pyrrole nitrogens is 1. The summed E-state index contributed by atoms with van der Waals surface area (Å²) in [4.78, 5) is 18.5. The number of nitrogens with zero attached hydrogens (tertiary/aromatic N) is 1. The van der Waals surface area contributed by atoms with Gasteiger partial charge < -0.3 is 5.32 Å². The highest BCUT2D eigenvalue weighted by molar-refractivity contribution is 6.31. The number of hydrogen-bond donors (Lipinski definition) is 2. The molecule has 1 heterocycles. The Labute approximate surface area is 91.3 Å². The summed E-state index contributed by atoms with van der Waals surface area (Å²) in [7, 11) is 0. The molecule has 0 spiro atoms. The number of rotatable bonds is 2. The topological polar surface area (TPSA) is 57.8 Å². The van der Waals surface area contributed by atoms with E-state index in [9.17, 15) is 4.79 Å². The zero-order valence-electron chi connectivity index (χ0n) is 8.17. The zero-order chi connectivity index (χ0) is 10.8. The van der Waals surface area contributed by atoms with Crippen LogP contribution in [0.5, 0.6) is 0 Å². The van der Waals surface area contributed by atoms with Crippen molar-refractivity contribution >= 4 is 28.5 Å². The fraction of sp³-hybridized carbons (Fsp3) is 0.200. The van der Waals surface area contributed by atoms with Gasteiger partial charge in [0.2, 0.25) is 5.95 Å². The van der Waals surface area contributed by atoms with Gasteiger partial charge in [-0.15, -0.1) is 0 Å². The Morgan fingerprint density at radius 1 is 1.53 bits per heavy atom. The molecule has 0 radical (unpaired) electrons. The van der Waals surface area contributed by atoms with Gasteiger partial charge in [-0.25, -0.2) is 4.98 Å². The molecular weight excluding hydrogens is 214 g/mol. The molecule has 2 rings (SSSR count). The first kappa shape index (κ1) is 9.98. The van der Waals surface area contributed by atoms with Crippen LogP contribution < -0.4 is 10.9 Å². The lowest BCUT2D eigenvalue weighted by Crippen LogP contribution is -2.12. The van der Waals surface area contributed by atoms with E-state index in [2.05, 4.69) is 15.3 Å². The Bertz CT molecular complexity index is 550. The quantitative estimate of drug-likeness (QED) is 0.819. The molecule has 1 aromatic heterocycles. The number of hydrogen-bond acceptors (Lipinski definition) is 3. The molecule has 2 aromatic rings. The third-order valence-electron chi connectivity index (χ3n) is 2.01. The standard InChI is InChI=1S/C10H10ClN3O/c1-2-12-10-13-8-4-3-6(11)5-7(8)9(15)14-10/h3-5H,2H2,1H3,(H2,12,13,14,15). The van der Waals surface area contributed by atoms with Crippen molar-refractivity contribution in [2.75, 3.05) is 11.9 Å². The van der Waals surface area contributed by atoms with Crippen LogP contribution >= 0.6 is 11.6 Å². The molecule has 0 atom stereocenters. The summed E-state index contributed by atoms with van der Waals surface area (Å²) in [5.41, 5.74) is 0.456. The van der Waals surface area contributed by atoms with Crippen molar-refractivity contribution in [1.29, 1.82) is 0 Å². The Balaban J connectivity index is 2.67. The van der Waals surface area contributed by atoms with Crippen molar-refractivity contribution in [2.45, 2.75) is 6.92 Å². The van der Waals surface area contributed by atoms with E-state index in [4.69, 9.17) is 11.6 Å². The van der Waals surface area contributed by atoms with Crippen LogP contribution in [0.4, 0.5) is 5.95 Å². The maximum atomic E-state index is 11.6. The van der Waals surface area contributed by atoms with Crippen molar-refractivity contribution in [1.82, 2.24) is 9.97 Å². The highest BCUT2D eigenvalue weighted by Crippen LogP contribution is 2.15. The van der Waals surface area contributed by atoms with E-state index in [1.807, 2.05) is 6.92 Å². The predicted octanol–water partition coefficient (Wildman–Crippen LogP) is 2.01. The molecule has 15 heavy (non-hydrogen) atoms. The monoisotopic (exact) mass is 223 g/mol. The minimum Gasteiger partial charge on any atom is -0.356 e. The van der Waals surface area contributed by atoms with Crippen LogP contribution in [-0.4, -0.2) is 16.5 Å². The Hall–Kier alpha value is -1.55. The van der Waals surface area contributed by atoms with Crippen LogP contribution in [0.2, 0.25) is 5.02 Å². The number of aromatic amines is 1. The van der Waals surface area contributed by atoms with Crippen LogP contribution in [0.15, 0.2) is 23.0 Å². The van der Waals surface area contributed by atoms with Gasteiger partial charge in [-0.1, -0.05) is 11.6 Å². The average molecular weight is 224 g/mol. The first-order valence-corrected chi connectivity index (χ1v) is 5.02. The summed E-state index contributed by atoms with van der Waals surface area (Å²) in [5.74, 6) is 0.484. The number of fused-ring (bicyclic) bond motifs is 1. The molecule has 0 aliphatic heterocycles. The summed E-state index contributed by atoms with van der Waals surface area (Å²) < 4.78 is 0. The van der Waals surface area contributed by atoms with E-state index < -0.39 is 0 Å². The third kappa shape index (κ3) is 1.94. The number of aromatic nitrogens is 2. The van der Waals surface area contributed by atoms with E-state index in [1.54, 1.807) is 18.2 Å². The number of anilines is 1. The van der Waals surface area contributed by atoms with Crippen LogP contribution in [0, 0.1) is 0 Å². The Kier molecular flexibility index (Phi) is 2.60. The molecule has 0 unspecified atom stereocenters.